The predicted octanol–water partition coefficient (Wildman–Crippen LogP) is -3.68. The minimum Gasteiger partial charge on any atom is -0.394 e. The summed E-state index contributed by atoms with van der Waals surface area (Å²) < 4.78 is 21.5. The minimum absolute atomic E-state index is 0.0105. The highest BCUT2D eigenvalue weighted by Crippen LogP contribution is 2.24. The summed E-state index contributed by atoms with van der Waals surface area (Å²) in [6.45, 7) is -1.07. The van der Waals surface area contributed by atoms with Gasteiger partial charge in [-0.05, 0) is 11.1 Å². The molecule has 1 aromatic rings. The van der Waals surface area contributed by atoms with Gasteiger partial charge in [-0.25, -0.2) is 0 Å². The van der Waals surface area contributed by atoms with Crippen LogP contribution in [0.15, 0.2) is 24.3 Å². The van der Waals surface area contributed by atoms with Crippen molar-refractivity contribution in [3.05, 3.63) is 35.4 Å². The van der Waals surface area contributed by atoms with Crippen LogP contribution in [0.25, 0.3) is 0 Å². The van der Waals surface area contributed by atoms with Gasteiger partial charge in [0.1, 0.15) is 48.8 Å². The van der Waals surface area contributed by atoms with Crippen LogP contribution < -0.4 is 0 Å². The Morgan fingerprint density at radius 1 is 0.562 bits per heavy atom. The van der Waals surface area contributed by atoms with Crippen molar-refractivity contribution in [2.45, 2.75) is 74.6 Å². The topological polar surface area (TPSA) is 199 Å². The summed E-state index contributed by atoms with van der Waals surface area (Å²) in [5.74, 6) is 0. The Balaban J connectivity index is 1.50. The third-order valence-electron chi connectivity index (χ3n) is 5.55. The summed E-state index contributed by atoms with van der Waals surface area (Å²) in [5, 5.41) is 77.5. The third kappa shape index (κ3) is 5.62. The van der Waals surface area contributed by atoms with E-state index < -0.39 is 74.6 Å². The minimum atomic E-state index is -1.52. The second kappa shape index (κ2) is 11.2. The highest BCUT2D eigenvalue weighted by Gasteiger charge is 2.45. The van der Waals surface area contributed by atoms with Crippen LogP contribution in [0.4, 0.5) is 0 Å². The molecule has 2 fully saturated rings. The van der Waals surface area contributed by atoms with Crippen LogP contribution in [0.1, 0.15) is 11.1 Å². The fourth-order valence-corrected chi connectivity index (χ4v) is 3.50. The molecule has 2 saturated heterocycles. The van der Waals surface area contributed by atoms with Crippen LogP contribution in [-0.2, 0) is 32.2 Å². The van der Waals surface area contributed by atoms with Crippen LogP contribution in [0.5, 0.6) is 0 Å². The number of aliphatic hydroxyl groups is 8. The Bertz CT molecular complexity index is 639. The van der Waals surface area contributed by atoms with Crippen molar-refractivity contribution in [1.82, 2.24) is 0 Å². The van der Waals surface area contributed by atoms with Crippen LogP contribution in [-0.4, -0.2) is 115 Å². The highest BCUT2D eigenvalue weighted by atomic mass is 16.7. The van der Waals surface area contributed by atoms with E-state index in [-0.39, 0.29) is 13.2 Å². The van der Waals surface area contributed by atoms with Crippen LogP contribution >= 0.6 is 0 Å². The summed E-state index contributed by atoms with van der Waals surface area (Å²) in [6.07, 6.45) is -13.5. The first-order valence-electron chi connectivity index (χ1n) is 10.2. The molecule has 2 heterocycles. The van der Waals surface area contributed by atoms with Crippen molar-refractivity contribution in [3.8, 4) is 0 Å². The maximum atomic E-state index is 9.99. The molecule has 0 aromatic heterocycles. The molecule has 182 valence electrons. The molecule has 12 nitrogen and oxygen atoms in total. The lowest BCUT2D eigenvalue weighted by molar-refractivity contribution is -0.304. The van der Waals surface area contributed by atoms with Gasteiger partial charge in [-0.2, -0.15) is 0 Å². The number of rotatable bonds is 8. The molecule has 0 aliphatic carbocycles. The average molecular weight is 462 g/mol. The van der Waals surface area contributed by atoms with Gasteiger partial charge in [0.25, 0.3) is 0 Å². The Hall–Kier alpha value is -1.26. The van der Waals surface area contributed by atoms with Crippen molar-refractivity contribution in [2.24, 2.45) is 0 Å². The number of hydrogen-bond acceptors (Lipinski definition) is 12. The van der Waals surface area contributed by atoms with Gasteiger partial charge in [-0.3, -0.25) is 0 Å². The Labute approximate surface area is 183 Å². The van der Waals surface area contributed by atoms with Gasteiger partial charge >= 0.3 is 0 Å². The first kappa shape index (κ1) is 25.4. The van der Waals surface area contributed by atoms with Gasteiger partial charge in [0, 0.05) is 0 Å². The van der Waals surface area contributed by atoms with Gasteiger partial charge in [0.2, 0.25) is 0 Å². The van der Waals surface area contributed by atoms with Gasteiger partial charge in [-0.15, -0.1) is 0 Å². The van der Waals surface area contributed by atoms with E-state index in [0.717, 1.165) is 0 Å². The molecule has 3 rings (SSSR count). The number of aliphatic hydroxyl groups excluding tert-OH is 8. The first-order valence-corrected chi connectivity index (χ1v) is 10.2. The molecule has 12 heteroatoms. The number of benzene rings is 1. The fourth-order valence-electron chi connectivity index (χ4n) is 3.50. The van der Waals surface area contributed by atoms with E-state index in [0.29, 0.717) is 11.1 Å². The van der Waals surface area contributed by atoms with Gasteiger partial charge < -0.3 is 59.8 Å². The largest absolute Gasteiger partial charge is 0.394 e. The maximum Gasteiger partial charge on any atom is 0.187 e. The monoisotopic (exact) mass is 462 g/mol. The standard InChI is InChI=1S/C20H30O12/c21-5-11-13(23)15(25)17(27)19(31-11)29-7-9-1-2-10(4-3-9)8-30-20-18(28)16(26)14(24)12(6-22)32-20/h1-4,11-28H,5-8H2/t11-,12-,13-,14-,15+,16+,17+,18+,19+,20+/m1/s1. The molecule has 0 saturated carbocycles. The third-order valence-corrected chi connectivity index (χ3v) is 5.55. The average Bonchev–Trinajstić information content (AvgIpc) is 2.81. The van der Waals surface area contributed by atoms with E-state index in [9.17, 15) is 40.9 Å². The lowest BCUT2D eigenvalue weighted by Crippen LogP contribution is -2.59. The SMILES string of the molecule is OC[C@H]1O[C@H](OCc2ccc(CO[C@H]3O[C@H](CO)[C@@H](O)[C@H](O)[C@@H]3O)cc2)[C@@H](O)[C@@H](O)[C@@H]1O. The van der Waals surface area contributed by atoms with Crippen molar-refractivity contribution < 1.29 is 59.8 Å². The van der Waals surface area contributed by atoms with E-state index in [4.69, 9.17) is 18.9 Å². The van der Waals surface area contributed by atoms with E-state index in [1.54, 1.807) is 24.3 Å². The van der Waals surface area contributed by atoms with Crippen molar-refractivity contribution in [1.29, 1.82) is 0 Å². The molecule has 1 aromatic carbocycles. The molecule has 0 bridgehead atoms. The van der Waals surface area contributed by atoms with Crippen molar-refractivity contribution >= 4 is 0 Å². The summed E-state index contributed by atoms with van der Waals surface area (Å²) in [4.78, 5) is 0. The summed E-state index contributed by atoms with van der Waals surface area (Å²) in [7, 11) is 0. The van der Waals surface area contributed by atoms with Gasteiger partial charge in [0.05, 0.1) is 26.4 Å². The molecule has 8 N–H and O–H groups in total. The molecule has 0 amide bonds. The quantitative estimate of drug-likeness (QED) is 0.188. The maximum absolute atomic E-state index is 9.99. The normalized spacial score (nSPS) is 40.4. The molecule has 10 atom stereocenters. The fraction of sp³-hybridized carbons (Fsp3) is 0.700. The van der Waals surface area contributed by atoms with Crippen LogP contribution in [0.3, 0.4) is 0 Å². The molecule has 2 aliphatic rings. The van der Waals surface area contributed by atoms with Gasteiger partial charge in [0.15, 0.2) is 12.6 Å². The van der Waals surface area contributed by atoms with Gasteiger partial charge in [-0.1, -0.05) is 24.3 Å². The van der Waals surface area contributed by atoms with E-state index in [2.05, 4.69) is 0 Å². The first-order chi connectivity index (χ1) is 15.3. The zero-order valence-corrected chi connectivity index (χ0v) is 17.1. The lowest BCUT2D eigenvalue weighted by Gasteiger charge is -2.39. The van der Waals surface area contributed by atoms with E-state index in [1.165, 1.54) is 0 Å². The highest BCUT2D eigenvalue weighted by molar-refractivity contribution is 5.21. The van der Waals surface area contributed by atoms with Crippen molar-refractivity contribution in [3.63, 3.8) is 0 Å². The molecule has 2 aliphatic heterocycles. The predicted molar refractivity (Wildman–Crippen MR) is 104 cm³/mol. The number of hydrogen-bond donors (Lipinski definition) is 8. The molecular weight excluding hydrogens is 432 g/mol. The Kier molecular flexibility index (Phi) is 8.91. The van der Waals surface area contributed by atoms with Crippen molar-refractivity contribution in [2.75, 3.05) is 13.2 Å². The van der Waals surface area contributed by atoms with Crippen LogP contribution in [0.2, 0.25) is 0 Å². The van der Waals surface area contributed by atoms with E-state index in [1.807, 2.05) is 0 Å². The molecule has 0 radical (unpaired) electrons. The zero-order valence-electron chi connectivity index (χ0n) is 17.1. The molecular formula is C20H30O12. The second-order valence-electron chi connectivity index (χ2n) is 7.83. The lowest BCUT2D eigenvalue weighted by atomic mass is 9.99. The number of ether oxygens (including phenoxy) is 4. The second-order valence-corrected chi connectivity index (χ2v) is 7.83. The summed E-state index contributed by atoms with van der Waals surface area (Å²) >= 11 is 0. The molecule has 0 spiro atoms. The Morgan fingerprint density at radius 2 is 0.906 bits per heavy atom. The zero-order chi connectivity index (χ0) is 23.4. The van der Waals surface area contributed by atoms with E-state index >= 15 is 0 Å². The molecule has 32 heavy (non-hydrogen) atoms. The molecule has 0 unspecified atom stereocenters. The summed E-state index contributed by atoms with van der Waals surface area (Å²) in [6, 6.07) is 6.82. The summed E-state index contributed by atoms with van der Waals surface area (Å²) in [5.41, 5.74) is 1.39. The Morgan fingerprint density at radius 3 is 1.22 bits per heavy atom. The van der Waals surface area contributed by atoms with Crippen LogP contribution in [0, 0.1) is 0 Å². The smallest absolute Gasteiger partial charge is 0.187 e.